The minimum Gasteiger partial charge on any atom is -0.319 e. The van der Waals surface area contributed by atoms with Crippen LogP contribution >= 0.6 is 0 Å². The molecule has 4 nitrogen and oxygen atoms in total. The largest absolute Gasteiger partial charge is 0.416 e. The number of urea groups is 1. The summed E-state index contributed by atoms with van der Waals surface area (Å²) in [4.78, 5) is 16.2. The lowest BCUT2D eigenvalue weighted by molar-refractivity contribution is -0.143. The maximum Gasteiger partial charge on any atom is 0.416 e. The SMILES string of the molecule is Cc1cc(F)ccc1C1CNCCN1C(=O)N(C)C(C)(C)c1cc(C(F)(F)F)cc(C(F)(F)F)c1. The van der Waals surface area contributed by atoms with Gasteiger partial charge < -0.3 is 15.1 Å². The summed E-state index contributed by atoms with van der Waals surface area (Å²) in [5.41, 5.74) is -3.41. The number of aryl methyl sites for hydroxylation is 1. The Morgan fingerprint density at radius 2 is 1.51 bits per heavy atom. The molecule has 1 aliphatic heterocycles. The number of nitrogens with zero attached hydrogens (tertiary/aromatic N) is 2. The van der Waals surface area contributed by atoms with E-state index in [0.29, 0.717) is 36.3 Å². The van der Waals surface area contributed by atoms with E-state index >= 15 is 0 Å². The first-order valence-electron chi connectivity index (χ1n) is 10.8. The molecule has 0 radical (unpaired) electrons. The van der Waals surface area contributed by atoms with Gasteiger partial charge in [0.2, 0.25) is 0 Å². The number of hydrogen-bond acceptors (Lipinski definition) is 2. The minimum absolute atomic E-state index is 0.0606. The Morgan fingerprint density at radius 3 is 2.03 bits per heavy atom. The predicted octanol–water partition coefficient (Wildman–Crippen LogP) is 6.11. The molecule has 0 bridgehead atoms. The Labute approximate surface area is 198 Å². The first kappa shape index (κ1) is 26.8. The van der Waals surface area contributed by atoms with Crippen LogP contribution in [0.3, 0.4) is 0 Å². The molecule has 1 atom stereocenters. The summed E-state index contributed by atoms with van der Waals surface area (Å²) in [6.07, 6.45) is -10.0. The zero-order valence-electron chi connectivity index (χ0n) is 19.6. The number of benzene rings is 2. The van der Waals surface area contributed by atoms with Crippen molar-refractivity contribution in [1.82, 2.24) is 15.1 Å². The van der Waals surface area contributed by atoms with Crippen LogP contribution in [0.25, 0.3) is 0 Å². The average Bonchev–Trinajstić information content (AvgIpc) is 2.76. The molecule has 1 heterocycles. The lowest BCUT2D eigenvalue weighted by Crippen LogP contribution is -2.56. The average molecular weight is 505 g/mol. The monoisotopic (exact) mass is 505 g/mol. The highest BCUT2D eigenvalue weighted by Crippen LogP contribution is 2.40. The molecule has 2 amide bonds. The van der Waals surface area contributed by atoms with E-state index in [2.05, 4.69) is 5.32 Å². The molecular weight excluding hydrogens is 479 g/mol. The molecule has 0 spiro atoms. The first-order chi connectivity index (χ1) is 16.0. The molecule has 0 aliphatic carbocycles. The standard InChI is InChI=1S/C24H26F7N3O/c1-14-9-18(25)5-6-19(14)20-13-32-7-8-34(20)21(35)33(4)22(2,3)15-10-16(23(26,27)28)12-17(11-15)24(29,30)31/h5-6,9-12,20,32H,7-8,13H2,1-4H3. The molecule has 192 valence electrons. The van der Waals surface area contributed by atoms with E-state index in [1.807, 2.05) is 0 Å². The molecule has 2 aromatic carbocycles. The Morgan fingerprint density at radius 1 is 0.971 bits per heavy atom. The van der Waals surface area contributed by atoms with Crippen molar-refractivity contribution in [1.29, 1.82) is 0 Å². The van der Waals surface area contributed by atoms with Crippen LogP contribution in [-0.2, 0) is 17.9 Å². The lowest BCUT2D eigenvalue weighted by Gasteiger charge is -2.44. The van der Waals surface area contributed by atoms with Crippen LogP contribution in [0, 0.1) is 12.7 Å². The summed E-state index contributed by atoms with van der Waals surface area (Å²) >= 11 is 0. The highest BCUT2D eigenvalue weighted by molar-refractivity contribution is 5.76. The first-order valence-corrected chi connectivity index (χ1v) is 10.8. The molecule has 1 aliphatic rings. The van der Waals surface area contributed by atoms with Gasteiger partial charge in [0.25, 0.3) is 0 Å². The third kappa shape index (κ3) is 5.55. The molecule has 35 heavy (non-hydrogen) atoms. The van der Waals surface area contributed by atoms with E-state index in [9.17, 15) is 35.5 Å². The summed E-state index contributed by atoms with van der Waals surface area (Å²) in [7, 11) is 1.34. The fraction of sp³-hybridized carbons (Fsp3) is 0.458. The van der Waals surface area contributed by atoms with Gasteiger partial charge in [-0.2, -0.15) is 26.3 Å². The highest BCUT2D eigenvalue weighted by Gasteiger charge is 2.41. The van der Waals surface area contributed by atoms with Crippen molar-refractivity contribution < 1.29 is 35.5 Å². The molecular formula is C24H26F7N3O. The zero-order valence-corrected chi connectivity index (χ0v) is 19.6. The topological polar surface area (TPSA) is 35.6 Å². The van der Waals surface area contributed by atoms with Gasteiger partial charge in [-0.3, -0.25) is 0 Å². The van der Waals surface area contributed by atoms with Gasteiger partial charge in [0.1, 0.15) is 5.82 Å². The molecule has 1 saturated heterocycles. The Bertz CT molecular complexity index is 1060. The number of piperazine rings is 1. The van der Waals surface area contributed by atoms with Crippen LogP contribution in [0.2, 0.25) is 0 Å². The number of rotatable bonds is 3. The van der Waals surface area contributed by atoms with Gasteiger partial charge in [0, 0.05) is 26.7 Å². The van der Waals surface area contributed by atoms with Gasteiger partial charge >= 0.3 is 18.4 Å². The number of alkyl halides is 6. The van der Waals surface area contributed by atoms with Crippen molar-refractivity contribution in [2.75, 3.05) is 26.7 Å². The minimum atomic E-state index is -5.00. The number of halogens is 7. The van der Waals surface area contributed by atoms with Crippen molar-refractivity contribution in [2.24, 2.45) is 0 Å². The zero-order chi connectivity index (χ0) is 26.3. The molecule has 0 saturated carbocycles. The van der Waals surface area contributed by atoms with E-state index in [0.717, 1.165) is 4.90 Å². The van der Waals surface area contributed by atoms with Crippen LogP contribution in [0.4, 0.5) is 35.5 Å². The van der Waals surface area contributed by atoms with Crippen molar-refractivity contribution in [3.63, 3.8) is 0 Å². The Balaban J connectivity index is 2.00. The summed E-state index contributed by atoms with van der Waals surface area (Å²) in [6.45, 7) is 5.52. The second-order valence-corrected chi connectivity index (χ2v) is 9.11. The summed E-state index contributed by atoms with van der Waals surface area (Å²) < 4.78 is 94.0. The van der Waals surface area contributed by atoms with Crippen molar-refractivity contribution in [2.45, 2.75) is 44.7 Å². The molecule has 3 rings (SSSR count). The molecule has 1 fully saturated rings. The van der Waals surface area contributed by atoms with E-state index in [4.69, 9.17) is 0 Å². The smallest absolute Gasteiger partial charge is 0.319 e. The Kier molecular flexibility index (Phi) is 7.14. The van der Waals surface area contributed by atoms with Gasteiger partial charge in [0.05, 0.1) is 22.7 Å². The fourth-order valence-corrected chi connectivity index (χ4v) is 4.16. The second-order valence-electron chi connectivity index (χ2n) is 9.11. The van der Waals surface area contributed by atoms with Crippen molar-refractivity contribution >= 4 is 6.03 Å². The highest BCUT2D eigenvalue weighted by atomic mass is 19.4. The van der Waals surface area contributed by atoms with Crippen LogP contribution in [0.5, 0.6) is 0 Å². The normalized spacial score (nSPS) is 17.5. The predicted molar refractivity (Wildman–Crippen MR) is 116 cm³/mol. The fourth-order valence-electron chi connectivity index (χ4n) is 4.16. The maximum atomic E-state index is 13.6. The maximum absolute atomic E-state index is 13.6. The molecule has 1 unspecified atom stereocenters. The van der Waals surface area contributed by atoms with Crippen molar-refractivity contribution in [3.05, 3.63) is 70.0 Å². The second kappa shape index (κ2) is 9.33. The van der Waals surface area contributed by atoms with Crippen molar-refractivity contribution in [3.8, 4) is 0 Å². The third-order valence-electron chi connectivity index (χ3n) is 6.50. The molecule has 1 N–H and O–H groups in total. The quantitative estimate of drug-likeness (QED) is 0.512. The molecule has 2 aromatic rings. The van der Waals surface area contributed by atoms with Crippen LogP contribution in [0.1, 0.15) is 47.7 Å². The molecule has 0 aromatic heterocycles. The Hall–Kier alpha value is -2.82. The van der Waals surface area contributed by atoms with Gasteiger partial charge in [-0.1, -0.05) is 6.07 Å². The van der Waals surface area contributed by atoms with Crippen LogP contribution < -0.4 is 5.32 Å². The van der Waals surface area contributed by atoms with Gasteiger partial charge in [-0.05, 0) is 67.8 Å². The van der Waals surface area contributed by atoms with E-state index < -0.39 is 46.9 Å². The van der Waals surface area contributed by atoms with Crippen LogP contribution in [-0.4, -0.2) is 42.5 Å². The number of carbonyl (C=O) groups is 1. The third-order valence-corrected chi connectivity index (χ3v) is 6.50. The van der Waals surface area contributed by atoms with E-state index in [1.165, 1.54) is 37.9 Å². The van der Waals surface area contributed by atoms with Gasteiger partial charge in [0.15, 0.2) is 0 Å². The molecule has 11 heteroatoms. The van der Waals surface area contributed by atoms with E-state index in [-0.39, 0.29) is 18.2 Å². The van der Waals surface area contributed by atoms with E-state index in [1.54, 1.807) is 13.0 Å². The summed E-state index contributed by atoms with van der Waals surface area (Å²) in [6, 6.07) is 4.44. The number of carbonyl (C=O) groups excluding carboxylic acids is 1. The number of amides is 2. The summed E-state index contributed by atoms with van der Waals surface area (Å²) in [5, 5.41) is 3.16. The van der Waals surface area contributed by atoms with Crippen LogP contribution in [0.15, 0.2) is 36.4 Å². The number of nitrogens with one attached hydrogen (secondary N) is 1. The lowest BCUT2D eigenvalue weighted by atomic mass is 9.89. The van der Waals surface area contributed by atoms with Gasteiger partial charge in [-0.25, -0.2) is 9.18 Å². The number of hydrogen-bond donors (Lipinski definition) is 1. The van der Waals surface area contributed by atoms with Gasteiger partial charge in [-0.15, -0.1) is 0 Å². The summed E-state index contributed by atoms with van der Waals surface area (Å²) in [5.74, 6) is -0.434.